The standard InChI is InChI=1S/C31H34N4O4/c1-4-6-9-17-39-29-24(11-10-13-28(29)38-3)31(37)34-23-15-14-21-18-22(20-33-27(21)19-23)30(36)35-25(5-2)26-12-7-8-16-32-26/h7-8,10-16,18-20,25H,4-6,9,17H2,1-3H3,(H,34,37)(H,35,36). The summed E-state index contributed by atoms with van der Waals surface area (Å²) in [5, 5.41) is 6.75. The zero-order chi connectivity index (χ0) is 27.6. The zero-order valence-electron chi connectivity index (χ0n) is 22.6. The number of fused-ring (bicyclic) bond motifs is 1. The first kappa shape index (κ1) is 27.6. The van der Waals surface area contributed by atoms with Crippen LogP contribution in [-0.2, 0) is 0 Å². The minimum Gasteiger partial charge on any atom is -0.493 e. The number of aromatic nitrogens is 2. The largest absolute Gasteiger partial charge is 0.493 e. The fraction of sp³-hybridized carbons (Fsp3) is 0.290. The number of amides is 2. The lowest BCUT2D eigenvalue weighted by molar-refractivity contribution is 0.0933. The molecule has 0 saturated carbocycles. The van der Waals surface area contributed by atoms with Crippen LogP contribution in [0.1, 0.15) is 72.0 Å². The van der Waals surface area contributed by atoms with E-state index in [2.05, 4.69) is 27.5 Å². The van der Waals surface area contributed by atoms with Crippen LogP contribution in [0, 0.1) is 0 Å². The van der Waals surface area contributed by atoms with Crippen molar-refractivity contribution in [2.24, 2.45) is 0 Å². The summed E-state index contributed by atoms with van der Waals surface area (Å²) in [5.41, 5.74) is 2.90. The molecule has 0 spiro atoms. The molecule has 2 heterocycles. The van der Waals surface area contributed by atoms with Crippen molar-refractivity contribution in [2.45, 2.75) is 45.6 Å². The van der Waals surface area contributed by atoms with Crippen LogP contribution < -0.4 is 20.1 Å². The van der Waals surface area contributed by atoms with Crippen molar-refractivity contribution in [1.82, 2.24) is 15.3 Å². The highest BCUT2D eigenvalue weighted by Crippen LogP contribution is 2.32. The maximum atomic E-state index is 13.2. The van der Waals surface area contributed by atoms with Gasteiger partial charge in [-0.15, -0.1) is 0 Å². The molecule has 0 aliphatic heterocycles. The van der Waals surface area contributed by atoms with Gasteiger partial charge < -0.3 is 20.1 Å². The fourth-order valence-corrected chi connectivity index (χ4v) is 4.26. The molecule has 0 saturated heterocycles. The average molecular weight is 527 g/mol. The van der Waals surface area contributed by atoms with Gasteiger partial charge in [0, 0.05) is 23.5 Å². The second kappa shape index (κ2) is 13.4. The molecule has 1 unspecified atom stereocenters. The number of pyridine rings is 2. The van der Waals surface area contributed by atoms with Crippen LogP contribution in [0.4, 0.5) is 5.69 Å². The summed E-state index contributed by atoms with van der Waals surface area (Å²) in [6, 6.07) is 17.9. The second-order valence-corrected chi connectivity index (χ2v) is 9.17. The molecule has 2 N–H and O–H groups in total. The third-order valence-electron chi connectivity index (χ3n) is 6.40. The van der Waals surface area contributed by atoms with Crippen LogP contribution in [0.25, 0.3) is 10.9 Å². The van der Waals surface area contributed by atoms with Crippen molar-refractivity contribution in [2.75, 3.05) is 19.0 Å². The van der Waals surface area contributed by atoms with E-state index in [1.54, 1.807) is 55.9 Å². The maximum absolute atomic E-state index is 13.2. The lowest BCUT2D eigenvalue weighted by Crippen LogP contribution is -2.28. The Labute approximate surface area is 228 Å². The molecule has 4 aromatic rings. The molecule has 2 aromatic carbocycles. The number of carbonyl (C=O) groups is 2. The fourth-order valence-electron chi connectivity index (χ4n) is 4.26. The van der Waals surface area contributed by atoms with E-state index in [-0.39, 0.29) is 17.9 Å². The normalized spacial score (nSPS) is 11.6. The number of rotatable bonds is 12. The van der Waals surface area contributed by atoms with Crippen LogP contribution in [0.15, 0.2) is 73.1 Å². The van der Waals surface area contributed by atoms with Crippen molar-refractivity contribution in [3.05, 3.63) is 89.9 Å². The highest BCUT2D eigenvalue weighted by molar-refractivity contribution is 6.07. The van der Waals surface area contributed by atoms with E-state index in [4.69, 9.17) is 9.47 Å². The maximum Gasteiger partial charge on any atom is 0.259 e. The average Bonchev–Trinajstić information content (AvgIpc) is 2.98. The van der Waals surface area contributed by atoms with Gasteiger partial charge in [-0.1, -0.05) is 44.9 Å². The van der Waals surface area contributed by atoms with Crippen LogP contribution in [0.5, 0.6) is 11.5 Å². The smallest absolute Gasteiger partial charge is 0.259 e. The summed E-state index contributed by atoms with van der Waals surface area (Å²) in [7, 11) is 1.56. The second-order valence-electron chi connectivity index (χ2n) is 9.17. The Morgan fingerprint density at radius 1 is 0.949 bits per heavy atom. The first-order valence-electron chi connectivity index (χ1n) is 13.3. The molecule has 1 atom stereocenters. The molecule has 4 rings (SSSR count). The van der Waals surface area contributed by atoms with E-state index < -0.39 is 0 Å². The molecular weight excluding hydrogens is 492 g/mol. The molecular formula is C31H34N4O4. The van der Waals surface area contributed by atoms with Crippen LogP contribution >= 0.6 is 0 Å². The number of nitrogens with one attached hydrogen (secondary N) is 2. The van der Waals surface area contributed by atoms with E-state index in [0.29, 0.717) is 46.9 Å². The van der Waals surface area contributed by atoms with Gasteiger partial charge in [0.25, 0.3) is 11.8 Å². The van der Waals surface area contributed by atoms with Crippen molar-refractivity contribution in [3.8, 4) is 11.5 Å². The molecule has 2 aromatic heterocycles. The van der Waals surface area contributed by atoms with E-state index in [1.807, 2.05) is 31.2 Å². The molecule has 8 nitrogen and oxygen atoms in total. The van der Waals surface area contributed by atoms with Gasteiger partial charge in [0.1, 0.15) is 0 Å². The molecule has 0 aliphatic rings. The Hall–Kier alpha value is -4.46. The summed E-state index contributed by atoms with van der Waals surface area (Å²) < 4.78 is 11.4. The van der Waals surface area contributed by atoms with Gasteiger partial charge in [-0.2, -0.15) is 0 Å². The lowest BCUT2D eigenvalue weighted by atomic mass is 10.1. The molecule has 0 bridgehead atoms. The Bertz CT molecular complexity index is 1430. The monoisotopic (exact) mass is 526 g/mol. The summed E-state index contributed by atoms with van der Waals surface area (Å²) in [4.78, 5) is 35.0. The first-order valence-corrected chi connectivity index (χ1v) is 13.3. The van der Waals surface area contributed by atoms with Gasteiger partial charge in [-0.3, -0.25) is 19.6 Å². The molecule has 8 heteroatoms. The Balaban J connectivity index is 1.48. The number of hydrogen-bond acceptors (Lipinski definition) is 6. The van der Waals surface area contributed by atoms with Gasteiger partial charge in [-0.25, -0.2) is 0 Å². The Morgan fingerprint density at radius 3 is 2.56 bits per heavy atom. The van der Waals surface area contributed by atoms with Crippen molar-refractivity contribution in [1.29, 1.82) is 0 Å². The van der Waals surface area contributed by atoms with Crippen LogP contribution in [-0.4, -0.2) is 35.5 Å². The number of benzene rings is 2. The lowest BCUT2D eigenvalue weighted by Gasteiger charge is -2.16. The topological polar surface area (TPSA) is 102 Å². The number of anilines is 1. The van der Waals surface area contributed by atoms with E-state index in [1.165, 1.54) is 0 Å². The van der Waals surface area contributed by atoms with E-state index >= 15 is 0 Å². The highest BCUT2D eigenvalue weighted by Gasteiger charge is 2.19. The first-order chi connectivity index (χ1) is 19.0. The SMILES string of the molecule is CCCCCOc1c(OC)cccc1C(=O)Nc1ccc2cc(C(=O)NC(CC)c3ccccn3)cnc2c1. The molecule has 0 fully saturated rings. The zero-order valence-corrected chi connectivity index (χ0v) is 22.6. The van der Waals surface area contributed by atoms with Crippen LogP contribution in [0.2, 0.25) is 0 Å². The minimum absolute atomic E-state index is 0.191. The van der Waals surface area contributed by atoms with E-state index in [9.17, 15) is 9.59 Å². The molecule has 0 radical (unpaired) electrons. The Morgan fingerprint density at radius 2 is 1.82 bits per heavy atom. The highest BCUT2D eigenvalue weighted by atomic mass is 16.5. The number of unbranched alkanes of at least 4 members (excludes halogenated alkanes) is 2. The molecule has 39 heavy (non-hydrogen) atoms. The minimum atomic E-state index is -0.310. The van der Waals surface area contributed by atoms with Crippen molar-refractivity contribution >= 4 is 28.4 Å². The number of carbonyl (C=O) groups excluding carboxylic acids is 2. The van der Waals surface area contributed by atoms with Crippen molar-refractivity contribution in [3.63, 3.8) is 0 Å². The van der Waals surface area contributed by atoms with Gasteiger partial charge >= 0.3 is 0 Å². The predicted octanol–water partition coefficient (Wildman–Crippen LogP) is 6.34. The third-order valence-corrected chi connectivity index (χ3v) is 6.40. The molecule has 0 aliphatic carbocycles. The number of hydrogen-bond donors (Lipinski definition) is 2. The van der Waals surface area contributed by atoms with Gasteiger partial charge in [-0.05, 0) is 55.3 Å². The summed E-state index contributed by atoms with van der Waals surface area (Å²) in [5.74, 6) is 0.413. The number of nitrogens with zero attached hydrogens (tertiary/aromatic N) is 2. The van der Waals surface area contributed by atoms with Gasteiger partial charge in [0.2, 0.25) is 0 Å². The summed E-state index contributed by atoms with van der Waals surface area (Å²) in [6.07, 6.45) is 7.00. The van der Waals surface area contributed by atoms with Crippen molar-refractivity contribution < 1.29 is 19.1 Å². The quantitative estimate of drug-likeness (QED) is 0.209. The van der Waals surface area contributed by atoms with E-state index in [0.717, 1.165) is 30.3 Å². The molecule has 2 amide bonds. The van der Waals surface area contributed by atoms with Crippen LogP contribution in [0.3, 0.4) is 0 Å². The number of ether oxygens (including phenoxy) is 2. The van der Waals surface area contributed by atoms with Gasteiger partial charge in [0.05, 0.1) is 42.1 Å². The summed E-state index contributed by atoms with van der Waals surface area (Å²) >= 11 is 0. The number of para-hydroxylation sites is 1. The number of methoxy groups -OCH3 is 1. The molecule has 202 valence electrons. The van der Waals surface area contributed by atoms with Gasteiger partial charge in [0.15, 0.2) is 11.5 Å². The third kappa shape index (κ3) is 6.90. The predicted molar refractivity (Wildman–Crippen MR) is 152 cm³/mol. The Kier molecular flexibility index (Phi) is 9.45. The summed E-state index contributed by atoms with van der Waals surface area (Å²) in [6.45, 7) is 4.63.